The van der Waals surface area contributed by atoms with Crippen LogP contribution in [0.2, 0.25) is 0 Å². The van der Waals surface area contributed by atoms with Crippen molar-refractivity contribution in [3.63, 3.8) is 0 Å². The minimum Gasteiger partial charge on any atom is -0.444 e. The molecule has 0 aliphatic carbocycles. The summed E-state index contributed by atoms with van der Waals surface area (Å²) in [4.78, 5) is 50.3. The number of anilines is 1. The van der Waals surface area contributed by atoms with E-state index in [1.807, 2.05) is 37.3 Å². The first-order valence-corrected chi connectivity index (χ1v) is 17.0. The van der Waals surface area contributed by atoms with Gasteiger partial charge in [0.1, 0.15) is 17.2 Å². The topological polar surface area (TPSA) is 133 Å². The van der Waals surface area contributed by atoms with Crippen molar-refractivity contribution < 1.29 is 29.3 Å². The van der Waals surface area contributed by atoms with Crippen molar-refractivity contribution in [2.24, 2.45) is 5.73 Å². The highest BCUT2D eigenvalue weighted by Crippen LogP contribution is 2.23. The van der Waals surface area contributed by atoms with Crippen molar-refractivity contribution in [2.75, 3.05) is 5.32 Å². The van der Waals surface area contributed by atoms with Crippen LogP contribution in [0.25, 0.3) is 16.5 Å². The zero-order valence-corrected chi connectivity index (χ0v) is 29.9. The number of alkyl carbamates (subject to hydrolysis) is 1. The normalized spacial score (nSPS) is 12.0. The highest BCUT2D eigenvalue weighted by molar-refractivity contribution is 6.06. The van der Waals surface area contributed by atoms with E-state index in [1.54, 1.807) is 76.2 Å². The molecule has 2 amide bonds. The Morgan fingerprint density at radius 3 is 2.06 bits per heavy atom. The molecular formula is C42H50F2N4O5. The first kappa shape index (κ1) is 41.7. The Bertz CT molecular complexity index is 2090. The number of para-hydroxylation sites is 2. The summed E-state index contributed by atoms with van der Waals surface area (Å²) in [7, 11) is 0. The lowest BCUT2D eigenvalue weighted by Gasteiger charge is -2.22. The molecule has 5 aromatic rings. The fraction of sp³-hybridized carbons (Fsp3) is 0.286. The summed E-state index contributed by atoms with van der Waals surface area (Å²) in [5, 5.41) is 5.85. The number of hydrogen-bond donors (Lipinski definition) is 3. The highest BCUT2D eigenvalue weighted by atomic mass is 19.1. The number of aromatic nitrogens is 1. The van der Waals surface area contributed by atoms with Crippen LogP contribution in [0, 0.1) is 11.6 Å². The Balaban J connectivity index is 0.000000374. The van der Waals surface area contributed by atoms with Gasteiger partial charge in [-0.15, -0.1) is 0 Å². The van der Waals surface area contributed by atoms with Crippen molar-refractivity contribution in [2.45, 2.75) is 79.0 Å². The van der Waals surface area contributed by atoms with Gasteiger partial charge in [-0.25, -0.2) is 13.6 Å². The number of amides is 2. The summed E-state index contributed by atoms with van der Waals surface area (Å²) in [6.07, 6.45) is 0.110. The van der Waals surface area contributed by atoms with Gasteiger partial charge in [0, 0.05) is 31.0 Å². The van der Waals surface area contributed by atoms with Crippen LogP contribution < -0.4 is 21.9 Å². The summed E-state index contributed by atoms with van der Waals surface area (Å²) in [5.41, 5.74) is 7.06. The van der Waals surface area contributed by atoms with Crippen molar-refractivity contribution in [3.05, 3.63) is 142 Å². The molecule has 0 saturated heterocycles. The third kappa shape index (κ3) is 10.9. The predicted molar refractivity (Wildman–Crippen MR) is 209 cm³/mol. The summed E-state index contributed by atoms with van der Waals surface area (Å²) in [5.74, 6) is -2.22. The molecule has 0 aliphatic heterocycles. The number of rotatable bonds is 10. The molecule has 0 saturated carbocycles. The Morgan fingerprint density at radius 2 is 1.45 bits per heavy atom. The minimum absolute atomic E-state index is 0. The number of ketones is 1. The molecule has 2 atom stereocenters. The SMILES string of the molecule is C.CC[C@H](N)c1cc2cccc(F)c2c(=O)n1-c1ccccc1.CC[C@H](NC(=O)OC(C)(C)C)C(=O)Cc1cccc(F)c1C(=O)Nc1ccccc1.[2HH]. The predicted octanol–water partition coefficient (Wildman–Crippen LogP) is 8.91. The summed E-state index contributed by atoms with van der Waals surface area (Å²) in [6, 6.07) is 27.3. The van der Waals surface area contributed by atoms with Gasteiger partial charge in [0.25, 0.3) is 11.5 Å². The zero-order valence-electron chi connectivity index (χ0n) is 29.9. The second-order valence-electron chi connectivity index (χ2n) is 13.1. The molecule has 0 bridgehead atoms. The summed E-state index contributed by atoms with van der Waals surface area (Å²) < 4.78 is 35.3. The molecule has 282 valence electrons. The molecule has 0 aliphatic rings. The van der Waals surface area contributed by atoms with Gasteiger partial charge in [0.2, 0.25) is 0 Å². The van der Waals surface area contributed by atoms with Gasteiger partial charge in [-0.2, -0.15) is 0 Å². The lowest BCUT2D eigenvalue weighted by molar-refractivity contribution is -0.120. The van der Waals surface area contributed by atoms with Crippen molar-refractivity contribution in [1.29, 1.82) is 0 Å². The Kier molecular flexibility index (Phi) is 14.7. The van der Waals surface area contributed by atoms with E-state index >= 15 is 0 Å². The average molecular weight is 730 g/mol. The van der Waals surface area contributed by atoms with E-state index in [1.165, 1.54) is 28.8 Å². The number of halogens is 2. The van der Waals surface area contributed by atoms with Crippen LogP contribution in [0.1, 0.15) is 84.0 Å². The number of nitrogens with one attached hydrogen (secondary N) is 2. The molecule has 0 radical (unpaired) electrons. The van der Waals surface area contributed by atoms with Crippen LogP contribution in [0.3, 0.4) is 0 Å². The minimum atomic E-state index is -0.812. The number of hydrogen-bond acceptors (Lipinski definition) is 6. The van der Waals surface area contributed by atoms with Gasteiger partial charge < -0.3 is 21.1 Å². The second kappa shape index (κ2) is 18.7. The summed E-state index contributed by atoms with van der Waals surface area (Å²) >= 11 is 0. The maximum absolute atomic E-state index is 14.5. The summed E-state index contributed by atoms with van der Waals surface area (Å²) in [6.45, 7) is 8.87. The highest BCUT2D eigenvalue weighted by Gasteiger charge is 2.26. The van der Waals surface area contributed by atoms with E-state index < -0.39 is 35.3 Å². The maximum Gasteiger partial charge on any atom is 0.408 e. The quantitative estimate of drug-likeness (QED) is 0.132. The zero-order chi connectivity index (χ0) is 38.0. The lowest BCUT2D eigenvalue weighted by Crippen LogP contribution is -2.43. The number of nitrogens with zero attached hydrogens (tertiary/aromatic N) is 1. The molecule has 4 aromatic carbocycles. The fourth-order valence-corrected chi connectivity index (χ4v) is 5.52. The standard InChI is InChI=1S/C23H27FN2O4.C18H17FN2O.CH4.H2/c1-5-18(26-22(29)30-23(2,3)4)19(27)14-15-10-9-13-17(24)20(15)21(28)25-16-11-7-6-8-12-16;1-2-15(20)16-11-12-7-6-10-14(19)17(12)18(22)21(16)13-8-4-3-5-9-13;;/h6-13,18H,5,14H2,1-4H3,(H,25,28)(H,26,29);3-11,15H,2,20H2,1H3;1H4;1H/t18-;15-;;/m00../s1/i;;;1+1. The van der Waals surface area contributed by atoms with Gasteiger partial charge in [0.15, 0.2) is 5.78 Å². The first-order chi connectivity index (χ1) is 24.7. The third-order valence-corrected chi connectivity index (χ3v) is 8.07. The molecule has 5 rings (SSSR count). The smallest absolute Gasteiger partial charge is 0.408 e. The van der Waals surface area contributed by atoms with E-state index in [4.69, 9.17) is 10.5 Å². The number of carbonyl (C=O) groups excluding carboxylic acids is 3. The molecule has 0 spiro atoms. The monoisotopic (exact) mass is 729 g/mol. The van der Waals surface area contributed by atoms with Crippen LogP contribution >= 0.6 is 0 Å². The number of pyridine rings is 1. The van der Waals surface area contributed by atoms with Crippen molar-refractivity contribution in [1.82, 2.24) is 9.88 Å². The van der Waals surface area contributed by atoms with Crippen LogP contribution in [0.15, 0.2) is 108 Å². The number of Topliss-reactive ketones (excluding diaryl/α,β-unsaturated/α-hetero) is 1. The number of nitrogens with two attached hydrogens (primary N) is 1. The number of ether oxygens (including phenoxy) is 1. The van der Waals surface area contributed by atoms with Crippen LogP contribution in [-0.4, -0.2) is 34.0 Å². The Hall–Kier alpha value is -5.68. The molecule has 1 heterocycles. The van der Waals surface area contributed by atoms with Crippen LogP contribution in [-0.2, 0) is 16.0 Å². The first-order valence-electron chi connectivity index (χ1n) is 17.0. The van der Waals surface area contributed by atoms with E-state index in [9.17, 15) is 28.0 Å². The largest absolute Gasteiger partial charge is 0.444 e. The van der Waals surface area contributed by atoms with Gasteiger partial charge in [0.05, 0.1) is 17.0 Å². The third-order valence-electron chi connectivity index (χ3n) is 8.07. The van der Waals surface area contributed by atoms with E-state index in [0.717, 1.165) is 0 Å². The van der Waals surface area contributed by atoms with Crippen LogP contribution in [0.4, 0.5) is 19.3 Å². The lowest BCUT2D eigenvalue weighted by atomic mass is 9.97. The molecular weight excluding hydrogens is 678 g/mol. The number of benzene rings is 4. The second-order valence-corrected chi connectivity index (χ2v) is 13.1. The van der Waals surface area contributed by atoms with Gasteiger partial charge >= 0.3 is 6.09 Å². The van der Waals surface area contributed by atoms with Gasteiger partial charge in [-0.05, 0) is 87.0 Å². The Morgan fingerprint density at radius 1 is 0.849 bits per heavy atom. The van der Waals surface area contributed by atoms with E-state index in [-0.39, 0.29) is 49.2 Å². The van der Waals surface area contributed by atoms with Gasteiger partial charge in [-0.3, -0.25) is 19.0 Å². The molecule has 0 unspecified atom stereocenters. The van der Waals surface area contributed by atoms with Crippen LogP contribution in [0.5, 0.6) is 0 Å². The number of carbonyl (C=O) groups is 3. The molecule has 4 N–H and O–H groups in total. The van der Waals surface area contributed by atoms with Crippen molar-refractivity contribution >= 4 is 34.2 Å². The maximum atomic E-state index is 14.5. The van der Waals surface area contributed by atoms with E-state index in [2.05, 4.69) is 10.6 Å². The molecule has 53 heavy (non-hydrogen) atoms. The fourth-order valence-electron chi connectivity index (χ4n) is 5.52. The molecule has 1 aromatic heterocycles. The molecule has 0 fully saturated rings. The Labute approximate surface area is 310 Å². The molecule has 9 nitrogen and oxygen atoms in total. The van der Waals surface area contributed by atoms with Crippen molar-refractivity contribution in [3.8, 4) is 5.69 Å². The average Bonchev–Trinajstić information content (AvgIpc) is 3.10. The van der Waals surface area contributed by atoms with Gasteiger partial charge in [-0.1, -0.05) is 81.9 Å². The van der Waals surface area contributed by atoms with E-state index in [0.29, 0.717) is 35.3 Å². The number of fused-ring (bicyclic) bond motifs is 1. The molecule has 11 heteroatoms.